The molecule has 1 aliphatic rings. The van der Waals surface area contributed by atoms with E-state index in [0.717, 1.165) is 18.9 Å². The summed E-state index contributed by atoms with van der Waals surface area (Å²) in [6.45, 7) is 10.7. The van der Waals surface area contributed by atoms with E-state index in [1.165, 1.54) is 25.2 Å². The molecule has 0 aliphatic carbocycles. The molecule has 14 heavy (non-hydrogen) atoms. The second-order valence-electron chi connectivity index (χ2n) is 4.29. The smallest absolute Gasteiger partial charge is 0.00311 e. The molecule has 1 rings (SSSR count). The topological polar surface area (TPSA) is 15.3 Å². The summed E-state index contributed by atoms with van der Waals surface area (Å²) >= 11 is 0. The van der Waals surface area contributed by atoms with Crippen LogP contribution >= 0.6 is 0 Å². The van der Waals surface area contributed by atoms with Gasteiger partial charge in [-0.2, -0.15) is 0 Å². The number of nitrogens with one attached hydrogen (secondary N) is 1. The number of rotatable bonds is 6. The Kier molecular flexibility index (Phi) is 4.91. The van der Waals surface area contributed by atoms with Crippen molar-refractivity contribution in [3.05, 3.63) is 24.3 Å². The highest BCUT2D eigenvalue weighted by Gasteiger charge is 2.17. The van der Waals surface area contributed by atoms with Crippen LogP contribution in [0.15, 0.2) is 24.3 Å². The van der Waals surface area contributed by atoms with E-state index < -0.39 is 0 Å². The number of nitrogens with zero attached hydrogens (tertiary/aromatic N) is 1. The highest BCUT2D eigenvalue weighted by Crippen LogP contribution is 2.07. The summed E-state index contributed by atoms with van der Waals surface area (Å²) in [6.07, 6.45) is 5.12. The van der Waals surface area contributed by atoms with Gasteiger partial charge in [0, 0.05) is 26.2 Å². The van der Waals surface area contributed by atoms with E-state index in [9.17, 15) is 0 Å². The van der Waals surface area contributed by atoms with Crippen molar-refractivity contribution >= 4 is 0 Å². The van der Waals surface area contributed by atoms with Gasteiger partial charge >= 0.3 is 0 Å². The minimum Gasteiger partial charge on any atom is -0.316 e. The molecule has 2 heteroatoms. The average Bonchev–Trinajstić information content (AvgIpc) is 2.09. The second kappa shape index (κ2) is 5.99. The second-order valence-corrected chi connectivity index (χ2v) is 4.29. The Hall–Kier alpha value is -0.600. The third-order valence-corrected chi connectivity index (χ3v) is 2.73. The predicted octanol–water partition coefficient (Wildman–Crippen LogP) is 1.66. The van der Waals surface area contributed by atoms with Crippen LogP contribution in [0.25, 0.3) is 0 Å². The van der Waals surface area contributed by atoms with E-state index in [1.54, 1.807) is 0 Å². The Morgan fingerprint density at radius 3 is 2.79 bits per heavy atom. The minimum absolute atomic E-state index is 0.878. The van der Waals surface area contributed by atoms with E-state index in [1.807, 2.05) is 6.08 Å². The lowest BCUT2D eigenvalue weighted by Gasteiger charge is -2.31. The van der Waals surface area contributed by atoms with E-state index in [4.69, 9.17) is 0 Å². The summed E-state index contributed by atoms with van der Waals surface area (Å²) in [6, 6.07) is 0. The van der Waals surface area contributed by atoms with Crippen molar-refractivity contribution in [2.24, 2.45) is 5.92 Å². The van der Waals surface area contributed by atoms with Gasteiger partial charge in [-0.3, -0.25) is 0 Å². The monoisotopic (exact) mass is 194 g/mol. The molecule has 1 saturated heterocycles. The fraction of sp³-hybridized carbons (Fsp3) is 0.667. The van der Waals surface area contributed by atoms with Gasteiger partial charge in [0.25, 0.3) is 0 Å². The van der Waals surface area contributed by atoms with E-state index in [-0.39, 0.29) is 0 Å². The Morgan fingerprint density at radius 1 is 1.57 bits per heavy atom. The molecule has 0 spiro atoms. The summed E-state index contributed by atoms with van der Waals surface area (Å²) in [4.78, 5) is 2.42. The van der Waals surface area contributed by atoms with Crippen molar-refractivity contribution in [1.82, 2.24) is 10.2 Å². The van der Waals surface area contributed by atoms with Crippen LogP contribution in [0, 0.1) is 5.92 Å². The minimum atomic E-state index is 0.878. The average molecular weight is 194 g/mol. The number of hydrogen-bond acceptors (Lipinski definition) is 2. The van der Waals surface area contributed by atoms with Gasteiger partial charge < -0.3 is 10.2 Å². The zero-order valence-electron chi connectivity index (χ0n) is 9.42. The van der Waals surface area contributed by atoms with E-state index in [2.05, 4.69) is 36.8 Å². The maximum atomic E-state index is 3.70. The molecule has 0 aromatic rings. The molecule has 0 aromatic carbocycles. The molecule has 1 heterocycles. The fourth-order valence-corrected chi connectivity index (χ4v) is 1.66. The largest absolute Gasteiger partial charge is 0.316 e. The lowest BCUT2D eigenvalue weighted by Crippen LogP contribution is -2.47. The molecule has 0 atom stereocenters. The predicted molar refractivity (Wildman–Crippen MR) is 62.4 cm³/mol. The first-order chi connectivity index (χ1) is 6.72. The molecule has 1 fully saturated rings. The van der Waals surface area contributed by atoms with Crippen LogP contribution in [0.2, 0.25) is 0 Å². The molecule has 0 aromatic heterocycles. The molecule has 0 amide bonds. The van der Waals surface area contributed by atoms with Crippen LogP contribution in [-0.2, 0) is 0 Å². The molecular formula is C12H22N2. The van der Waals surface area contributed by atoms with Crippen molar-refractivity contribution < 1.29 is 0 Å². The quantitative estimate of drug-likeness (QED) is 0.647. The zero-order valence-corrected chi connectivity index (χ0v) is 9.42. The molecule has 80 valence electrons. The summed E-state index contributed by atoms with van der Waals surface area (Å²) in [5.74, 6) is 0.878. The third kappa shape index (κ3) is 4.07. The molecule has 2 nitrogen and oxygen atoms in total. The first-order valence-corrected chi connectivity index (χ1v) is 5.40. The van der Waals surface area contributed by atoms with Gasteiger partial charge in [-0.25, -0.2) is 0 Å². The van der Waals surface area contributed by atoms with Gasteiger partial charge in [0.1, 0.15) is 0 Å². The van der Waals surface area contributed by atoms with E-state index >= 15 is 0 Å². The van der Waals surface area contributed by atoms with Gasteiger partial charge in [0.05, 0.1) is 0 Å². The maximum absolute atomic E-state index is 3.70. The van der Waals surface area contributed by atoms with Crippen molar-refractivity contribution in [3.63, 3.8) is 0 Å². The SMILES string of the molecule is C=C/C=C(\C)CCN(C)CC1CNC1. The zero-order chi connectivity index (χ0) is 10.4. The van der Waals surface area contributed by atoms with Crippen molar-refractivity contribution in [2.45, 2.75) is 13.3 Å². The summed E-state index contributed by atoms with van der Waals surface area (Å²) < 4.78 is 0. The van der Waals surface area contributed by atoms with Gasteiger partial charge in [-0.15, -0.1) is 0 Å². The molecule has 1 N–H and O–H groups in total. The molecule has 0 unspecified atom stereocenters. The van der Waals surface area contributed by atoms with Crippen molar-refractivity contribution in [1.29, 1.82) is 0 Å². The van der Waals surface area contributed by atoms with Crippen LogP contribution < -0.4 is 5.32 Å². The fourth-order valence-electron chi connectivity index (χ4n) is 1.66. The standard InChI is InChI=1S/C12H22N2/c1-4-5-11(2)6-7-14(3)10-12-8-13-9-12/h4-5,12-13H,1,6-10H2,2-3H3/b11-5+. The van der Waals surface area contributed by atoms with Crippen molar-refractivity contribution in [2.75, 3.05) is 33.2 Å². The lowest BCUT2D eigenvalue weighted by molar-refractivity contribution is 0.226. The van der Waals surface area contributed by atoms with E-state index in [0.29, 0.717) is 0 Å². The number of hydrogen-bond donors (Lipinski definition) is 1. The van der Waals surface area contributed by atoms with Crippen molar-refractivity contribution in [3.8, 4) is 0 Å². The Balaban J connectivity index is 2.10. The van der Waals surface area contributed by atoms with Gasteiger partial charge in [0.15, 0.2) is 0 Å². The molecule has 1 aliphatic heterocycles. The Morgan fingerprint density at radius 2 is 2.29 bits per heavy atom. The lowest BCUT2D eigenvalue weighted by atomic mass is 10.0. The highest BCUT2D eigenvalue weighted by molar-refractivity contribution is 5.07. The molecule has 0 bridgehead atoms. The van der Waals surface area contributed by atoms with Crippen LogP contribution in [-0.4, -0.2) is 38.1 Å². The first-order valence-electron chi connectivity index (χ1n) is 5.40. The summed E-state index contributed by atoms with van der Waals surface area (Å²) in [7, 11) is 2.21. The van der Waals surface area contributed by atoms with Gasteiger partial charge in [-0.05, 0) is 26.3 Å². The summed E-state index contributed by atoms with van der Waals surface area (Å²) in [5, 5.41) is 3.30. The first kappa shape index (κ1) is 11.5. The van der Waals surface area contributed by atoms with Crippen LogP contribution in [0.4, 0.5) is 0 Å². The third-order valence-electron chi connectivity index (χ3n) is 2.73. The Bertz CT molecular complexity index is 204. The normalized spacial score (nSPS) is 18.4. The van der Waals surface area contributed by atoms with Crippen LogP contribution in [0.3, 0.4) is 0 Å². The summed E-state index contributed by atoms with van der Waals surface area (Å²) in [5.41, 5.74) is 1.42. The Labute approximate surface area is 87.7 Å². The maximum Gasteiger partial charge on any atom is 0.00311 e. The molecule has 0 radical (unpaired) electrons. The molecular weight excluding hydrogens is 172 g/mol. The van der Waals surface area contributed by atoms with Gasteiger partial charge in [0.2, 0.25) is 0 Å². The number of allylic oxidation sites excluding steroid dienone is 2. The van der Waals surface area contributed by atoms with Crippen LogP contribution in [0.1, 0.15) is 13.3 Å². The van der Waals surface area contributed by atoms with Gasteiger partial charge in [-0.1, -0.05) is 24.3 Å². The highest BCUT2D eigenvalue weighted by atomic mass is 15.1. The van der Waals surface area contributed by atoms with Crippen LogP contribution in [0.5, 0.6) is 0 Å². The molecule has 0 saturated carbocycles.